The number of nitrogens with zero attached hydrogens (tertiary/aromatic N) is 1. The molecule has 1 aromatic carbocycles. The lowest BCUT2D eigenvalue weighted by Gasteiger charge is -2.26. The minimum absolute atomic E-state index is 0.169. The first-order chi connectivity index (χ1) is 12.4. The molecule has 4 amide bonds. The van der Waals surface area contributed by atoms with E-state index in [0.29, 0.717) is 22.0 Å². The molecule has 1 atom stereocenters. The van der Waals surface area contributed by atoms with Crippen molar-refractivity contribution in [1.29, 1.82) is 0 Å². The molecule has 7 heteroatoms. The number of imide groups is 2. The Morgan fingerprint density at radius 2 is 1.85 bits per heavy atom. The Morgan fingerprint density at radius 1 is 1.15 bits per heavy atom. The van der Waals surface area contributed by atoms with Crippen molar-refractivity contribution in [3.05, 3.63) is 58.0 Å². The first-order valence-corrected chi connectivity index (χ1v) is 8.96. The number of benzene rings is 1. The largest absolute Gasteiger partial charge is 0.450 e. The maximum atomic E-state index is 12.8. The highest BCUT2D eigenvalue weighted by atomic mass is 79.9. The number of halogens is 1. The Hall–Kier alpha value is -2.67. The summed E-state index contributed by atoms with van der Waals surface area (Å²) in [5.41, 5.74) is 1.35. The van der Waals surface area contributed by atoms with Crippen LogP contribution in [0.5, 0.6) is 0 Å². The average molecular weight is 417 g/mol. The Labute approximate surface area is 159 Å². The van der Waals surface area contributed by atoms with Gasteiger partial charge in [-0.1, -0.05) is 26.0 Å². The fraction of sp³-hybridized carbons (Fsp3) is 0.211. The van der Waals surface area contributed by atoms with Gasteiger partial charge >= 0.3 is 6.03 Å². The summed E-state index contributed by atoms with van der Waals surface area (Å²) in [6.45, 7) is 4.20. The number of hydrogen-bond donors (Lipinski definition) is 1. The summed E-state index contributed by atoms with van der Waals surface area (Å²) < 4.78 is 5.78. The summed E-state index contributed by atoms with van der Waals surface area (Å²) in [4.78, 5) is 38.0. The van der Waals surface area contributed by atoms with Gasteiger partial charge in [0.1, 0.15) is 11.3 Å². The molecule has 0 aliphatic carbocycles. The molecule has 0 unspecified atom stereocenters. The topological polar surface area (TPSA) is 79.6 Å². The van der Waals surface area contributed by atoms with E-state index in [1.807, 2.05) is 12.1 Å². The fourth-order valence-corrected chi connectivity index (χ4v) is 2.95. The lowest BCUT2D eigenvalue weighted by molar-refractivity contribution is -0.122. The summed E-state index contributed by atoms with van der Waals surface area (Å²) in [7, 11) is 0. The molecule has 1 saturated heterocycles. The first-order valence-electron chi connectivity index (χ1n) is 8.17. The number of barbiturate groups is 1. The highest BCUT2D eigenvalue weighted by Gasteiger charge is 2.37. The van der Waals surface area contributed by atoms with Crippen molar-refractivity contribution in [3.63, 3.8) is 0 Å². The second kappa shape index (κ2) is 7.29. The van der Waals surface area contributed by atoms with E-state index in [2.05, 4.69) is 35.1 Å². The van der Waals surface area contributed by atoms with Crippen LogP contribution in [0.25, 0.3) is 6.08 Å². The second-order valence-electron chi connectivity index (χ2n) is 6.00. The molecule has 1 aliphatic heterocycles. The van der Waals surface area contributed by atoms with Gasteiger partial charge < -0.3 is 4.42 Å². The number of furan rings is 1. The van der Waals surface area contributed by atoms with Crippen molar-refractivity contribution in [2.75, 3.05) is 4.90 Å². The number of urea groups is 1. The van der Waals surface area contributed by atoms with E-state index in [1.54, 1.807) is 24.3 Å². The zero-order chi connectivity index (χ0) is 18.8. The van der Waals surface area contributed by atoms with Crippen LogP contribution in [0.2, 0.25) is 0 Å². The molecule has 6 nitrogen and oxygen atoms in total. The third kappa shape index (κ3) is 3.48. The number of anilines is 1. The fourth-order valence-electron chi connectivity index (χ4n) is 2.63. The summed E-state index contributed by atoms with van der Waals surface area (Å²) >= 11 is 3.16. The number of nitrogens with one attached hydrogen (secondary N) is 1. The molecule has 2 aromatic rings. The first kappa shape index (κ1) is 18.1. The molecule has 1 fully saturated rings. The summed E-state index contributed by atoms with van der Waals surface area (Å²) in [5, 5.41) is 2.19. The van der Waals surface area contributed by atoms with Crippen molar-refractivity contribution in [3.8, 4) is 0 Å². The number of hydrogen-bond acceptors (Lipinski definition) is 4. The molecule has 3 rings (SSSR count). The van der Waals surface area contributed by atoms with Gasteiger partial charge in [-0.15, -0.1) is 0 Å². The third-order valence-electron chi connectivity index (χ3n) is 4.31. The second-order valence-corrected chi connectivity index (χ2v) is 6.78. The third-order valence-corrected chi connectivity index (χ3v) is 4.74. The molecule has 0 spiro atoms. The van der Waals surface area contributed by atoms with Crippen molar-refractivity contribution in [1.82, 2.24) is 5.32 Å². The van der Waals surface area contributed by atoms with E-state index in [9.17, 15) is 14.4 Å². The Balaban J connectivity index is 1.94. The standard InChI is InChI=1S/C19H17BrN2O4/c1-3-11(2)12-4-6-13(7-5-12)22-18(24)15(17(23)21-19(22)25)10-14-8-9-16(20)26-14/h4-11H,3H2,1-2H3,(H,21,23,25)/b15-10+/t11-/m1/s1. The molecule has 0 bridgehead atoms. The van der Waals surface area contributed by atoms with Gasteiger partial charge in [-0.25, -0.2) is 9.69 Å². The number of carbonyl (C=O) groups excluding carboxylic acids is 3. The molecule has 26 heavy (non-hydrogen) atoms. The molecule has 1 aliphatic rings. The molecule has 1 N–H and O–H groups in total. The molecular weight excluding hydrogens is 400 g/mol. The van der Waals surface area contributed by atoms with Gasteiger partial charge in [0.2, 0.25) is 0 Å². The van der Waals surface area contributed by atoms with Gasteiger partial charge in [0, 0.05) is 0 Å². The summed E-state index contributed by atoms with van der Waals surface area (Å²) in [5.74, 6) is -0.733. The Bertz CT molecular complexity index is 899. The van der Waals surface area contributed by atoms with E-state index in [0.717, 1.165) is 16.9 Å². The normalized spacial score (nSPS) is 17.6. The monoisotopic (exact) mass is 416 g/mol. The van der Waals surface area contributed by atoms with Gasteiger partial charge in [-0.05, 0) is 64.2 Å². The van der Waals surface area contributed by atoms with Crippen LogP contribution in [0, 0.1) is 0 Å². The maximum absolute atomic E-state index is 12.8. The van der Waals surface area contributed by atoms with Gasteiger partial charge in [0.15, 0.2) is 4.67 Å². The lowest BCUT2D eigenvalue weighted by atomic mass is 9.98. The van der Waals surface area contributed by atoms with Gasteiger partial charge in [0.05, 0.1) is 5.69 Å². The molecular formula is C19H17BrN2O4. The Morgan fingerprint density at radius 3 is 2.42 bits per heavy atom. The van der Waals surface area contributed by atoms with Crippen LogP contribution < -0.4 is 10.2 Å². The van der Waals surface area contributed by atoms with E-state index in [4.69, 9.17) is 4.42 Å². The van der Waals surface area contributed by atoms with Gasteiger partial charge in [0.25, 0.3) is 11.8 Å². The molecule has 0 saturated carbocycles. The maximum Gasteiger partial charge on any atom is 0.335 e. The molecule has 0 radical (unpaired) electrons. The van der Waals surface area contributed by atoms with Crippen molar-refractivity contribution in [2.24, 2.45) is 0 Å². The van der Waals surface area contributed by atoms with Crippen LogP contribution in [0.3, 0.4) is 0 Å². The highest BCUT2D eigenvalue weighted by molar-refractivity contribution is 9.10. The van der Waals surface area contributed by atoms with Crippen LogP contribution in [-0.2, 0) is 9.59 Å². The molecule has 2 heterocycles. The van der Waals surface area contributed by atoms with Crippen LogP contribution in [0.1, 0.15) is 37.5 Å². The molecule has 1 aromatic heterocycles. The van der Waals surface area contributed by atoms with Crippen LogP contribution >= 0.6 is 15.9 Å². The highest BCUT2D eigenvalue weighted by Crippen LogP contribution is 2.26. The van der Waals surface area contributed by atoms with E-state index < -0.39 is 17.8 Å². The smallest absolute Gasteiger partial charge is 0.335 e. The quantitative estimate of drug-likeness (QED) is 0.597. The van der Waals surface area contributed by atoms with Crippen molar-refractivity contribution < 1.29 is 18.8 Å². The zero-order valence-corrected chi connectivity index (χ0v) is 15.9. The van der Waals surface area contributed by atoms with E-state index in [-0.39, 0.29) is 5.57 Å². The van der Waals surface area contributed by atoms with E-state index >= 15 is 0 Å². The SMILES string of the molecule is CC[C@@H](C)c1ccc(N2C(=O)NC(=O)/C(=C\c3ccc(Br)o3)C2=O)cc1. The van der Waals surface area contributed by atoms with Crippen molar-refractivity contribution in [2.45, 2.75) is 26.2 Å². The predicted molar refractivity (Wildman–Crippen MR) is 101 cm³/mol. The van der Waals surface area contributed by atoms with E-state index in [1.165, 1.54) is 6.08 Å². The summed E-state index contributed by atoms with van der Waals surface area (Å²) in [6, 6.07) is 9.66. The van der Waals surface area contributed by atoms with Crippen molar-refractivity contribution >= 4 is 45.5 Å². The van der Waals surface area contributed by atoms with Crippen LogP contribution in [-0.4, -0.2) is 17.8 Å². The predicted octanol–water partition coefficient (Wildman–Crippen LogP) is 4.22. The Kier molecular flexibility index (Phi) is 5.08. The number of carbonyl (C=O) groups is 3. The van der Waals surface area contributed by atoms with Gasteiger partial charge in [-0.2, -0.15) is 0 Å². The molecule has 134 valence electrons. The van der Waals surface area contributed by atoms with Gasteiger partial charge in [-0.3, -0.25) is 14.9 Å². The number of amides is 4. The minimum Gasteiger partial charge on any atom is -0.450 e. The zero-order valence-electron chi connectivity index (χ0n) is 14.3. The van der Waals surface area contributed by atoms with Crippen LogP contribution in [0.4, 0.5) is 10.5 Å². The lowest BCUT2D eigenvalue weighted by Crippen LogP contribution is -2.54. The number of rotatable bonds is 4. The minimum atomic E-state index is -0.769. The van der Waals surface area contributed by atoms with Crippen LogP contribution in [0.15, 0.2) is 51.1 Å². The average Bonchev–Trinajstić information content (AvgIpc) is 3.03. The summed E-state index contributed by atoms with van der Waals surface area (Å²) in [6.07, 6.45) is 2.30.